The number of carbonyl (C=O) groups excluding carboxylic acids is 2. The number of carbonyl (C=O) groups is 2. The van der Waals surface area contributed by atoms with Crippen LogP contribution in [0.2, 0.25) is 0 Å². The molecule has 1 aliphatic carbocycles. The Morgan fingerprint density at radius 3 is 2.38 bits per heavy atom. The summed E-state index contributed by atoms with van der Waals surface area (Å²) in [6, 6.07) is 6.37. The molecular formula is C27H32N4O5S. The molecule has 0 saturated heterocycles. The van der Waals surface area contributed by atoms with Crippen LogP contribution in [0.4, 0.5) is 0 Å². The average molecular weight is 525 g/mol. The van der Waals surface area contributed by atoms with Gasteiger partial charge in [-0.3, -0.25) is 14.6 Å². The van der Waals surface area contributed by atoms with Gasteiger partial charge in [-0.15, -0.1) is 11.3 Å². The number of hydrogen-bond acceptors (Lipinski definition) is 8. The first-order chi connectivity index (χ1) is 18.0. The molecule has 1 aromatic carbocycles. The van der Waals surface area contributed by atoms with Gasteiger partial charge < -0.3 is 24.4 Å². The molecule has 0 aliphatic heterocycles. The van der Waals surface area contributed by atoms with E-state index >= 15 is 0 Å². The van der Waals surface area contributed by atoms with Crippen molar-refractivity contribution in [2.24, 2.45) is 0 Å². The molecule has 1 aliphatic rings. The number of nitrogens with zero attached hydrogens (tertiary/aromatic N) is 3. The predicted molar refractivity (Wildman–Crippen MR) is 140 cm³/mol. The van der Waals surface area contributed by atoms with Crippen molar-refractivity contribution in [3.63, 3.8) is 0 Å². The highest BCUT2D eigenvalue weighted by atomic mass is 32.1. The van der Waals surface area contributed by atoms with Crippen molar-refractivity contribution in [3.8, 4) is 17.2 Å². The third-order valence-corrected chi connectivity index (χ3v) is 7.32. The summed E-state index contributed by atoms with van der Waals surface area (Å²) in [5.74, 6) is 0.532. The van der Waals surface area contributed by atoms with Crippen LogP contribution in [0, 0.1) is 0 Å². The van der Waals surface area contributed by atoms with Gasteiger partial charge in [0.25, 0.3) is 5.91 Å². The van der Waals surface area contributed by atoms with Crippen molar-refractivity contribution < 1.29 is 23.8 Å². The zero-order valence-corrected chi connectivity index (χ0v) is 22.1. The highest BCUT2D eigenvalue weighted by Gasteiger charge is 2.35. The Morgan fingerprint density at radius 1 is 1.08 bits per heavy atom. The van der Waals surface area contributed by atoms with Crippen molar-refractivity contribution >= 4 is 23.2 Å². The van der Waals surface area contributed by atoms with Gasteiger partial charge in [-0.1, -0.05) is 25.3 Å². The Labute approximate surface area is 220 Å². The minimum atomic E-state index is -0.979. The molecule has 3 aromatic rings. The van der Waals surface area contributed by atoms with Crippen LogP contribution in [0.25, 0.3) is 0 Å². The van der Waals surface area contributed by atoms with Crippen LogP contribution in [-0.4, -0.2) is 54.1 Å². The minimum absolute atomic E-state index is 0.0565. The lowest BCUT2D eigenvalue weighted by Gasteiger charge is -2.33. The molecule has 196 valence electrons. The molecule has 0 bridgehead atoms. The van der Waals surface area contributed by atoms with Crippen molar-refractivity contribution in [1.29, 1.82) is 0 Å². The molecule has 1 N–H and O–H groups in total. The molecule has 0 radical (unpaired) electrons. The number of amides is 2. The first kappa shape index (κ1) is 26.4. The number of benzene rings is 1. The summed E-state index contributed by atoms with van der Waals surface area (Å²) in [6.45, 7) is 0.215. The van der Waals surface area contributed by atoms with Crippen molar-refractivity contribution in [1.82, 2.24) is 20.2 Å². The number of hydrogen-bond donors (Lipinski definition) is 1. The van der Waals surface area contributed by atoms with Gasteiger partial charge in [-0.05, 0) is 42.0 Å². The largest absolute Gasteiger partial charge is 0.493 e. The smallest absolute Gasteiger partial charge is 0.275 e. The van der Waals surface area contributed by atoms with Gasteiger partial charge in [0, 0.05) is 23.3 Å². The fraction of sp³-hybridized carbons (Fsp3) is 0.407. The number of aromatic nitrogens is 2. The standard InChI is InChI=1S/C27H32N4O5S/c1-34-22-14-18(15-23(35-2)25(22)36-3)24(26(32)30-19-8-5-4-6-9-19)31(17-20-10-7-13-37-20)27(33)21-16-28-11-12-29-21/h7,10-16,19,24H,4-6,8-9,17H2,1-3H3,(H,30,32)/t24-/m0/s1. The fourth-order valence-electron chi connectivity index (χ4n) is 4.67. The lowest BCUT2D eigenvalue weighted by molar-refractivity contribution is -0.127. The quantitative estimate of drug-likeness (QED) is 0.419. The topological polar surface area (TPSA) is 103 Å². The van der Waals surface area contributed by atoms with Gasteiger partial charge in [0.15, 0.2) is 11.5 Å². The van der Waals surface area contributed by atoms with Gasteiger partial charge in [0.05, 0.1) is 34.1 Å². The van der Waals surface area contributed by atoms with Gasteiger partial charge in [0.1, 0.15) is 11.7 Å². The predicted octanol–water partition coefficient (Wildman–Crippen LogP) is 4.40. The van der Waals surface area contributed by atoms with Gasteiger partial charge in [0.2, 0.25) is 11.7 Å². The van der Waals surface area contributed by atoms with Crippen LogP contribution < -0.4 is 19.5 Å². The molecule has 9 nitrogen and oxygen atoms in total. The molecule has 0 unspecified atom stereocenters. The van der Waals surface area contributed by atoms with Crippen LogP contribution in [0.15, 0.2) is 48.2 Å². The highest BCUT2D eigenvalue weighted by Crippen LogP contribution is 2.41. The fourth-order valence-corrected chi connectivity index (χ4v) is 5.37. The summed E-state index contributed by atoms with van der Waals surface area (Å²) in [5, 5.41) is 5.15. The maximum Gasteiger partial charge on any atom is 0.275 e. The lowest BCUT2D eigenvalue weighted by Crippen LogP contribution is -2.47. The third-order valence-electron chi connectivity index (χ3n) is 6.46. The van der Waals surface area contributed by atoms with Gasteiger partial charge in [-0.2, -0.15) is 0 Å². The van der Waals surface area contributed by atoms with Crippen LogP contribution in [0.3, 0.4) is 0 Å². The second-order valence-electron chi connectivity index (χ2n) is 8.81. The Morgan fingerprint density at radius 2 is 1.81 bits per heavy atom. The van der Waals surface area contributed by atoms with Crippen LogP contribution in [-0.2, 0) is 11.3 Å². The number of methoxy groups -OCH3 is 3. The van der Waals surface area contributed by atoms with Crippen molar-refractivity contribution in [2.75, 3.05) is 21.3 Å². The van der Waals surface area contributed by atoms with Crippen molar-refractivity contribution in [3.05, 3.63) is 64.4 Å². The van der Waals surface area contributed by atoms with E-state index in [1.807, 2.05) is 17.5 Å². The van der Waals surface area contributed by atoms with E-state index in [2.05, 4.69) is 15.3 Å². The van der Waals surface area contributed by atoms with E-state index in [-0.39, 0.29) is 24.2 Å². The van der Waals surface area contributed by atoms with Gasteiger partial charge >= 0.3 is 0 Å². The summed E-state index contributed by atoms with van der Waals surface area (Å²) >= 11 is 1.51. The maximum atomic E-state index is 14.0. The number of ether oxygens (including phenoxy) is 3. The Kier molecular flexibility index (Phi) is 8.95. The summed E-state index contributed by atoms with van der Waals surface area (Å²) in [7, 11) is 4.56. The van der Waals surface area contributed by atoms with E-state index in [9.17, 15) is 9.59 Å². The van der Waals surface area contributed by atoms with Crippen molar-refractivity contribution in [2.45, 2.75) is 50.7 Å². The zero-order chi connectivity index (χ0) is 26.2. The number of rotatable bonds is 10. The SMILES string of the molecule is COc1cc([C@@H](C(=O)NC2CCCCC2)N(Cc2cccs2)C(=O)c2cnccn2)cc(OC)c1OC. The molecule has 2 amide bonds. The van der Waals surface area contributed by atoms with Crippen LogP contribution >= 0.6 is 11.3 Å². The van der Waals surface area contributed by atoms with E-state index in [1.165, 1.54) is 62.6 Å². The minimum Gasteiger partial charge on any atom is -0.493 e. The normalized spacial score (nSPS) is 14.5. The Balaban J connectivity index is 1.83. The molecule has 4 rings (SSSR count). The van der Waals surface area contributed by atoms with Crippen LogP contribution in [0.1, 0.15) is 59.1 Å². The molecule has 1 fully saturated rings. The molecule has 10 heteroatoms. The van der Waals surface area contributed by atoms with E-state index in [4.69, 9.17) is 14.2 Å². The third kappa shape index (κ3) is 6.19. The molecular weight excluding hydrogens is 492 g/mol. The molecule has 1 atom stereocenters. The summed E-state index contributed by atoms with van der Waals surface area (Å²) < 4.78 is 16.6. The van der Waals surface area contributed by atoms with Crippen LogP contribution in [0.5, 0.6) is 17.2 Å². The van der Waals surface area contributed by atoms with Gasteiger partial charge in [-0.25, -0.2) is 4.98 Å². The second kappa shape index (κ2) is 12.5. The molecule has 2 heterocycles. The summed E-state index contributed by atoms with van der Waals surface area (Å²) in [6.07, 6.45) is 9.51. The first-order valence-corrected chi connectivity index (χ1v) is 13.1. The van der Waals surface area contributed by atoms with E-state index in [1.54, 1.807) is 12.1 Å². The molecule has 1 saturated carbocycles. The summed E-state index contributed by atoms with van der Waals surface area (Å²) in [5.41, 5.74) is 0.693. The lowest BCUT2D eigenvalue weighted by atomic mass is 9.94. The van der Waals surface area contributed by atoms with E-state index in [0.717, 1.165) is 30.6 Å². The zero-order valence-electron chi connectivity index (χ0n) is 21.3. The monoisotopic (exact) mass is 524 g/mol. The van der Waals surface area contributed by atoms with E-state index in [0.29, 0.717) is 22.8 Å². The number of nitrogens with one attached hydrogen (secondary N) is 1. The van der Waals surface area contributed by atoms with E-state index < -0.39 is 11.9 Å². The Hall–Kier alpha value is -3.66. The second-order valence-corrected chi connectivity index (χ2v) is 9.84. The average Bonchev–Trinajstić information content (AvgIpc) is 3.46. The summed E-state index contributed by atoms with van der Waals surface area (Å²) in [4.78, 5) is 38.7. The molecule has 0 spiro atoms. The molecule has 37 heavy (non-hydrogen) atoms. The number of thiophene rings is 1. The first-order valence-electron chi connectivity index (χ1n) is 12.2. The molecule has 2 aromatic heterocycles. The Bertz CT molecular complexity index is 1160. The highest BCUT2D eigenvalue weighted by molar-refractivity contribution is 7.09. The maximum absolute atomic E-state index is 14.0.